The molecule has 1 atom stereocenters. The van der Waals surface area contributed by atoms with Gasteiger partial charge in [-0.2, -0.15) is 0 Å². The lowest BCUT2D eigenvalue weighted by Gasteiger charge is -2.19. The molecule has 0 fully saturated rings. The van der Waals surface area contributed by atoms with E-state index in [2.05, 4.69) is 5.32 Å². The molecule has 0 heterocycles. The molecular formula is C15H23N3O4. The number of hydrogen-bond donors (Lipinski definition) is 2. The van der Waals surface area contributed by atoms with Crippen molar-refractivity contribution < 1.29 is 19.1 Å². The lowest BCUT2D eigenvalue weighted by molar-refractivity contribution is -0.119. The summed E-state index contributed by atoms with van der Waals surface area (Å²) >= 11 is 0. The minimum absolute atomic E-state index is 0.218. The molecule has 7 heteroatoms. The van der Waals surface area contributed by atoms with Gasteiger partial charge in [0.2, 0.25) is 5.91 Å². The summed E-state index contributed by atoms with van der Waals surface area (Å²) in [6, 6.07) is 3.11. The number of carbonyl (C=O) groups is 2. The Labute approximate surface area is 130 Å². The maximum Gasteiger partial charge on any atom is 0.255 e. The first-order valence-corrected chi connectivity index (χ1v) is 6.84. The number of nitrogens with zero attached hydrogens (tertiary/aromatic N) is 1. The Kier molecular flexibility index (Phi) is 6.18. The first kappa shape index (κ1) is 17.8. The molecule has 0 saturated heterocycles. The molecule has 0 aliphatic heterocycles. The van der Waals surface area contributed by atoms with Crippen LogP contribution in [-0.4, -0.2) is 51.6 Å². The van der Waals surface area contributed by atoms with Crippen LogP contribution in [0.25, 0.3) is 0 Å². The third-order valence-corrected chi connectivity index (χ3v) is 3.22. The van der Waals surface area contributed by atoms with Gasteiger partial charge in [0.25, 0.3) is 5.91 Å². The second-order valence-electron chi connectivity index (χ2n) is 5.08. The first-order chi connectivity index (χ1) is 10.3. The molecule has 22 heavy (non-hydrogen) atoms. The van der Waals surface area contributed by atoms with Gasteiger partial charge in [0.1, 0.15) is 0 Å². The van der Waals surface area contributed by atoms with Gasteiger partial charge in [0.15, 0.2) is 11.5 Å². The highest BCUT2D eigenvalue weighted by Gasteiger charge is 2.21. The fourth-order valence-corrected chi connectivity index (χ4v) is 1.76. The zero-order chi connectivity index (χ0) is 16.9. The number of carbonyl (C=O) groups excluding carboxylic acids is 2. The number of anilines is 1. The van der Waals surface area contributed by atoms with Crippen molar-refractivity contribution in [2.45, 2.75) is 6.92 Å². The van der Waals surface area contributed by atoms with E-state index in [9.17, 15) is 9.59 Å². The van der Waals surface area contributed by atoms with Gasteiger partial charge in [-0.05, 0) is 6.07 Å². The van der Waals surface area contributed by atoms with Crippen LogP contribution in [0.5, 0.6) is 11.5 Å². The van der Waals surface area contributed by atoms with Crippen LogP contribution >= 0.6 is 0 Å². The standard InChI is InChI=1S/C15H23N3O4/c1-9(8-16)14(19)17-11-7-13(22-5)12(21-4)6-10(11)15(20)18(2)3/h6-7,9H,8,16H2,1-5H3,(H,17,19). The van der Waals surface area contributed by atoms with E-state index >= 15 is 0 Å². The predicted molar refractivity (Wildman–Crippen MR) is 84.4 cm³/mol. The predicted octanol–water partition coefficient (Wildman–Crippen LogP) is 0.939. The molecule has 0 bridgehead atoms. The topological polar surface area (TPSA) is 93.9 Å². The van der Waals surface area contributed by atoms with Crippen LogP contribution in [0.2, 0.25) is 0 Å². The Hall–Kier alpha value is -2.28. The number of hydrogen-bond acceptors (Lipinski definition) is 5. The monoisotopic (exact) mass is 309 g/mol. The molecule has 0 aromatic heterocycles. The van der Waals surface area contributed by atoms with Crippen molar-refractivity contribution in [2.75, 3.05) is 40.2 Å². The van der Waals surface area contributed by atoms with Gasteiger partial charge in [0, 0.05) is 32.6 Å². The summed E-state index contributed by atoms with van der Waals surface area (Å²) in [6.45, 7) is 1.93. The Morgan fingerprint density at radius 2 is 1.77 bits per heavy atom. The van der Waals surface area contributed by atoms with E-state index in [4.69, 9.17) is 15.2 Å². The van der Waals surface area contributed by atoms with Gasteiger partial charge in [-0.25, -0.2) is 0 Å². The number of rotatable bonds is 6. The molecule has 1 unspecified atom stereocenters. The molecule has 0 aliphatic rings. The van der Waals surface area contributed by atoms with Crippen molar-refractivity contribution >= 4 is 17.5 Å². The Morgan fingerprint density at radius 3 is 2.23 bits per heavy atom. The lowest BCUT2D eigenvalue weighted by atomic mass is 10.1. The molecule has 1 aromatic rings. The number of methoxy groups -OCH3 is 2. The minimum atomic E-state index is -0.365. The number of amides is 2. The molecule has 1 rings (SSSR count). The summed E-state index contributed by atoms with van der Waals surface area (Å²) in [6.07, 6.45) is 0. The number of ether oxygens (including phenoxy) is 2. The zero-order valence-corrected chi connectivity index (χ0v) is 13.6. The summed E-state index contributed by atoms with van der Waals surface area (Å²) in [5.74, 6) is -0.0411. The summed E-state index contributed by atoms with van der Waals surface area (Å²) in [5, 5.41) is 2.72. The third kappa shape index (κ3) is 3.88. The van der Waals surface area contributed by atoms with E-state index in [1.54, 1.807) is 33.2 Å². The van der Waals surface area contributed by atoms with E-state index in [0.29, 0.717) is 22.7 Å². The van der Waals surface area contributed by atoms with Crippen molar-refractivity contribution in [3.05, 3.63) is 17.7 Å². The van der Waals surface area contributed by atoms with E-state index in [1.807, 2.05) is 0 Å². The molecule has 7 nitrogen and oxygen atoms in total. The normalized spacial score (nSPS) is 11.5. The smallest absolute Gasteiger partial charge is 0.255 e. The molecule has 0 spiro atoms. The molecule has 2 amide bonds. The molecular weight excluding hydrogens is 286 g/mol. The van der Waals surface area contributed by atoms with Gasteiger partial charge in [-0.1, -0.05) is 6.92 Å². The molecule has 3 N–H and O–H groups in total. The fourth-order valence-electron chi connectivity index (χ4n) is 1.76. The van der Waals surface area contributed by atoms with Crippen LogP contribution in [0.4, 0.5) is 5.69 Å². The maximum atomic E-state index is 12.3. The second kappa shape index (κ2) is 7.65. The van der Waals surface area contributed by atoms with Crippen LogP contribution < -0.4 is 20.5 Å². The van der Waals surface area contributed by atoms with Crippen LogP contribution in [0, 0.1) is 5.92 Å². The van der Waals surface area contributed by atoms with Crippen LogP contribution in [0.1, 0.15) is 17.3 Å². The average Bonchev–Trinajstić information content (AvgIpc) is 2.52. The Balaban J connectivity index is 3.32. The van der Waals surface area contributed by atoms with Crippen molar-refractivity contribution in [1.29, 1.82) is 0 Å². The SMILES string of the molecule is COc1cc(NC(=O)C(C)CN)c(C(=O)N(C)C)cc1OC. The number of nitrogens with one attached hydrogen (secondary N) is 1. The third-order valence-electron chi connectivity index (χ3n) is 3.22. The minimum Gasteiger partial charge on any atom is -0.493 e. The van der Waals surface area contributed by atoms with Crippen LogP contribution in [0.15, 0.2) is 12.1 Å². The van der Waals surface area contributed by atoms with Gasteiger partial charge in [0.05, 0.1) is 25.5 Å². The van der Waals surface area contributed by atoms with Gasteiger partial charge in [-0.15, -0.1) is 0 Å². The molecule has 0 radical (unpaired) electrons. The summed E-state index contributed by atoms with van der Waals surface area (Å²) in [4.78, 5) is 25.8. The highest BCUT2D eigenvalue weighted by atomic mass is 16.5. The first-order valence-electron chi connectivity index (χ1n) is 6.84. The van der Waals surface area contributed by atoms with Crippen molar-refractivity contribution in [3.63, 3.8) is 0 Å². The van der Waals surface area contributed by atoms with Gasteiger partial charge < -0.3 is 25.4 Å². The van der Waals surface area contributed by atoms with E-state index in [-0.39, 0.29) is 24.3 Å². The van der Waals surface area contributed by atoms with Crippen molar-refractivity contribution in [1.82, 2.24) is 4.90 Å². The maximum absolute atomic E-state index is 12.3. The van der Waals surface area contributed by atoms with Crippen molar-refractivity contribution in [3.8, 4) is 11.5 Å². The van der Waals surface area contributed by atoms with E-state index in [0.717, 1.165) is 0 Å². The second-order valence-corrected chi connectivity index (χ2v) is 5.08. The highest BCUT2D eigenvalue weighted by molar-refractivity contribution is 6.04. The molecule has 0 saturated carbocycles. The average molecular weight is 309 g/mol. The highest BCUT2D eigenvalue weighted by Crippen LogP contribution is 2.34. The zero-order valence-electron chi connectivity index (χ0n) is 13.6. The van der Waals surface area contributed by atoms with Crippen LogP contribution in [0.3, 0.4) is 0 Å². The van der Waals surface area contributed by atoms with Gasteiger partial charge >= 0.3 is 0 Å². The van der Waals surface area contributed by atoms with Crippen molar-refractivity contribution in [2.24, 2.45) is 11.7 Å². The van der Waals surface area contributed by atoms with E-state index < -0.39 is 0 Å². The fraction of sp³-hybridized carbons (Fsp3) is 0.467. The van der Waals surface area contributed by atoms with E-state index in [1.165, 1.54) is 19.1 Å². The number of benzene rings is 1. The Morgan fingerprint density at radius 1 is 1.23 bits per heavy atom. The Bertz CT molecular complexity index is 558. The summed E-state index contributed by atoms with van der Waals surface area (Å²) < 4.78 is 10.4. The summed E-state index contributed by atoms with van der Waals surface area (Å²) in [7, 11) is 6.23. The van der Waals surface area contributed by atoms with Gasteiger partial charge in [-0.3, -0.25) is 9.59 Å². The lowest BCUT2D eigenvalue weighted by Crippen LogP contribution is -2.29. The quantitative estimate of drug-likeness (QED) is 0.815. The van der Waals surface area contributed by atoms with Crippen LogP contribution in [-0.2, 0) is 4.79 Å². The largest absolute Gasteiger partial charge is 0.493 e. The molecule has 122 valence electrons. The number of nitrogens with two attached hydrogens (primary N) is 1. The molecule has 1 aromatic carbocycles. The summed E-state index contributed by atoms with van der Waals surface area (Å²) in [5.41, 5.74) is 6.18. The molecule has 0 aliphatic carbocycles.